The van der Waals surface area contributed by atoms with Crippen LogP contribution >= 0.6 is 0 Å². The highest BCUT2D eigenvalue weighted by atomic mass is 15.1. The summed E-state index contributed by atoms with van der Waals surface area (Å²) in [5.41, 5.74) is 8.59. The van der Waals surface area contributed by atoms with Crippen molar-refractivity contribution in [3.8, 4) is 23.3 Å². The Morgan fingerprint density at radius 2 is 1.57 bits per heavy atom. The number of benzene rings is 2. The third kappa shape index (κ3) is 6.31. The second kappa shape index (κ2) is 13.0. The number of aromatic nitrogens is 1. The lowest BCUT2D eigenvalue weighted by Crippen LogP contribution is -2.21. The molecule has 0 saturated carbocycles. The number of nitrogens with zero attached hydrogens (tertiary/aromatic N) is 4. The van der Waals surface area contributed by atoms with Gasteiger partial charge in [-0.05, 0) is 62.9 Å². The van der Waals surface area contributed by atoms with E-state index < -0.39 is 0 Å². The molecule has 0 spiro atoms. The average Bonchev–Trinajstić information content (AvgIpc) is 3.12. The van der Waals surface area contributed by atoms with E-state index in [2.05, 4.69) is 79.8 Å². The summed E-state index contributed by atoms with van der Waals surface area (Å²) in [6.45, 7) is 20.6. The van der Waals surface area contributed by atoms with Crippen LogP contribution in [0.3, 0.4) is 0 Å². The van der Waals surface area contributed by atoms with Crippen LogP contribution < -0.4 is 0 Å². The highest BCUT2D eigenvalue weighted by molar-refractivity contribution is 5.75. The molecule has 0 unspecified atom stereocenters. The number of allylic oxidation sites excluding steroid dienone is 1. The van der Waals surface area contributed by atoms with Crippen molar-refractivity contribution in [2.75, 3.05) is 13.1 Å². The fraction of sp³-hybridized carbons (Fsp3) is 0.290. The van der Waals surface area contributed by atoms with Crippen molar-refractivity contribution in [2.24, 2.45) is 0 Å². The van der Waals surface area contributed by atoms with Crippen LogP contribution in [0.15, 0.2) is 67.8 Å². The quantitative estimate of drug-likeness (QED) is 0.325. The predicted octanol–water partition coefficient (Wildman–Crippen LogP) is 7.46. The van der Waals surface area contributed by atoms with Gasteiger partial charge in [-0.3, -0.25) is 0 Å². The van der Waals surface area contributed by atoms with E-state index in [1.165, 1.54) is 5.56 Å². The summed E-state index contributed by atoms with van der Waals surface area (Å²) in [5.74, 6) is 0. The number of nitriles is 2. The minimum atomic E-state index is 0.614. The Hall–Kier alpha value is -4.02. The molecule has 4 nitrogen and oxygen atoms in total. The van der Waals surface area contributed by atoms with Crippen LogP contribution in [0.4, 0.5) is 0 Å². The zero-order valence-corrected chi connectivity index (χ0v) is 21.7. The number of hydrogen-bond donors (Lipinski definition) is 0. The van der Waals surface area contributed by atoms with Crippen molar-refractivity contribution < 1.29 is 0 Å². The van der Waals surface area contributed by atoms with Gasteiger partial charge in [0.2, 0.25) is 0 Å². The van der Waals surface area contributed by atoms with Crippen molar-refractivity contribution in [3.05, 3.63) is 101 Å². The van der Waals surface area contributed by atoms with Crippen molar-refractivity contribution >= 4 is 5.70 Å². The first-order chi connectivity index (χ1) is 16.9. The summed E-state index contributed by atoms with van der Waals surface area (Å²) < 4.78 is 2.20. The SMILES string of the molecule is C=C(c1ccc(Cn2c(C)c(C#N)c(-c3ccc(C#N)cc3)c2C)cc1)N(CC)CCC.C=CC. The van der Waals surface area contributed by atoms with Gasteiger partial charge in [-0.15, -0.1) is 6.58 Å². The molecule has 1 aromatic heterocycles. The Morgan fingerprint density at radius 3 is 2.06 bits per heavy atom. The number of hydrogen-bond acceptors (Lipinski definition) is 3. The molecular formula is C31H36N4. The molecule has 180 valence electrons. The molecule has 0 aliphatic carbocycles. The van der Waals surface area contributed by atoms with Crippen LogP contribution in [0.5, 0.6) is 0 Å². The molecule has 0 radical (unpaired) electrons. The fourth-order valence-electron chi connectivity index (χ4n) is 4.24. The normalized spacial score (nSPS) is 9.91. The lowest BCUT2D eigenvalue weighted by atomic mass is 10.0. The zero-order chi connectivity index (χ0) is 26.0. The summed E-state index contributed by atoms with van der Waals surface area (Å²) in [5, 5.41) is 18.9. The molecule has 3 aromatic rings. The third-order valence-electron chi connectivity index (χ3n) is 6.08. The summed E-state index contributed by atoms with van der Waals surface area (Å²) in [6.07, 6.45) is 2.85. The van der Waals surface area contributed by atoms with Gasteiger partial charge in [0, 0.05) is 42.3 Å². The third-order valence-corrected chi connectivity index (χ3v) is 6.08. The molecular weight excluding hydrogens is 428 g/mol. The molecule has 0 N–H and O–H groups in total. The van der Waals surface area contributed by atoms with Gasteiger partial charge in [-0.1, -0.05) is 56.0 Å². The van der Waals surface area contributed by atoms with Gasteiger partial charge >= 0.3 is 0 Å². The van der Waals surface area contributed by atoms with E-state index in [4.69, 9.17) is 5.26 Å². The van der Waals surface area contributed by atoms with Crippen LogP contribution in [-0.2, 0) is 6.54 Å². The standard InChI is InChI=1S/C28H30N4.C3H6/c1-6-16-31(7-2)20(3)25-12-10-24(11-13-25)19-32-21(4)27(18-30)28(22(32)5)26-14-8-23(17-29)9-15-26;1-3-2/h8-15H,3,6-7,16,19H2,1-2,4-5H3;3H,1H2,2H3. The predicted molar refractivity (Wildman–Crippen MR) is 147 cm³/mol. The molecule has 0 aliphatic heterocycles. The van der Waals surface area contributed by atoms with E-state index in [1.54, 1.807) is 18.2 Å². The van der Waals surface area contributed by atoms with E-state index in [9.17, 15) is 5.26 Å². The number of rotatable bonds is 8. The highest BCUT2D eigenvalue weighted by Crippen LogP contribution is 2.32. The lowest BCUT2D eigenvalue weighted by molar-refractivity contribution is 0.418. The topological polar surface area (TPSA) is 55.8 Å². The second-order valence-corrected chi connectivity index (χ2v) is 8.44. The van der Waals surface area contributed by atoms with Crippen molar-refractivity contribution in [2.45, 2.75) is 47.6 Å². The van der Waals surface area contributed by atoms with Gasteiger partial charge in [-0.2, -0.15) is 10.5 Å². The van der Waals surface area contributed by atoms with Gasteiger partial charge in [0.15, 0.2) is 0 Å². The smallest absolute Gasteiger partial charge is 0.102 e. The van der Waals surface area contributed by atoms with Crippen molar-refractivity contribution in [3.63, 3.8) is 0 Å². The van der Waals surface area contributed by atoms with E-state index >= 15 is 0 Å². The fourth-order valence-corrected chi connectivity index (χ4v) is 4.24. The van der Waals surface area contributed by atoms with Crippen LogP contribution in [-0.4, -0.2) is 22.6 Å². The van der Waals surface area contributed by atoms with E-state index in [1.807, 2.05) is 26.0 Å². The minimum absolute atomic E-state index is 0.614. The first-order valence-corrected chi connectivity index (χ1v) is 12.1. The van der Waals surface area contributed by atoms with Crippen LogP contribution in [0.1, 0.15) is 60.8 Å². The Morgan fingerprint density at radius 1 is 0.971 bits per heavy atom. The Balaban J connectivity index is 0.00000137. The van der Waals surface area contributed by atoms with Crippen LogP contribution in [0.25, 0.3) is 16.8 Å². The first-order valence-electron chi connectivity index (χ1n) is 12.1. The Kier molecular flexibility index (Phi) is 10.1. The van der Waals surface area contributed by atoms with Crippen LogP contribution in [0, 0.1) is 36.5 Å². The monoisotopic (exact) mass is 464 g/mol. The Bertz CT molecular complexity index is 1230. The van der Waals surface area contributed by atoms with E-state index in [-0.39, 0.29) is 0 Å². The molecule has 0 bridgehead atoms. The summed E-state index contributed by atoms with van der Waals surface area (Å²) in [7, 11) is 0. The molecule has 4 heteroatoms. The summed E-state index contributed by atoms with van der Waals surface area (Å²) >= 11 is 0. The van der Waals surface area contributed by atoms with Gasteiger partial charge in [0.05, 0.1) is 17.2 Å². The first kappa shape index (κ1) is 27.2. The molecule has 3 rings (SSSR count). The molecule has 0 aliphatic rings. The van der Waals surface area contributed by atoms with Gasteiger partial charge in [-0.25, -0.2) is 0 Å². The molecule has 1 heterocycles. The minimum Gasteiger partial charge on any atom is -0.372 e. The molecule has 0 amide bonds. The zero-order valence-electron chi connectivity index (χ0n) is 21.7. The maximum atomic E-state index is 9.85. The molecule has 0 saturated heterocycles. The van der Waals surface area contributed by atoms with Gasteiger partial charge in [0.1, 0.15) is 6.07 Å². The largest absolute Gasteiger partial charge is 0.372 e. The van der Waals surface area contributed by atoms with Crippen molar-refractivity contribution in [1.29, 1.82) is 10.5 Å². The van der Waals surface area contributed by atoms with E-state index in [0.717, 1.165) is 53.3 Å². The molecule has 0 fully saturated rings. The summed E-state index contributed by atoms with van der Waals surface area (Å²) in [4.78, 5) is 2.30. The van der Waals surface area contributed by atoms with E-state index in [0.29, 0.717) is 17.7 Å². The highest BCUT2D eigenvalue weighted by Gasteiger charge is 2.19. The Labute approximate surface area is 211 Å². The maximum absolute atomic E-state index is 9.85. The maximum Gasteiger partial charge on any atom is 0.102 e. The van der Waals surface area contributed by atoms with Gasteiger partial charge in [0.25, 0.3) is 0 Å². The molecule has 35 heavy (non-hydrogen) atoms. The second-order valence-electron chi connectivity index (χ2n) is 8.44. The van der Waals surface area contributed by atoms with Gasteiger partial charge < -0.3 is 9.47 Å². The molecule has 0 atom stereocenters. The van der Waals surface area contributed by atoms with Crippen molar-refractivity contribution in [1.82, 2.24) is 9.47 Å². The summed E-state index contributed by atoms with van der Waals surface area (Å²) in [6, 6.07) is 20.5. The average molecular weight is 465 g/mol. The van der Waals surface area contributed by atoms with Crippen LogP contribution in [0.2, 0.25) is 0 Å². The molecule has 2 aromatic carbocycles. The lowest BCUT2D eigenvalue weighted by Gasteiger charge is -2.25.